The molecule has 1 heterocycles. The topological polar surface area (TPSA) is 20.3 Å². The molecule has 2 aliphatic carbocycles. The van der Waals surface area contributed by atoms with Crippen molar-refractivity contribution in [2.45, 2.75) is 38.6 Å². The summed E-state index contributed by atoms with van der Waals surface area (Å²) >= 11 is 0. The summed E-state index contributed by atoms with van der Waals surface area (Å²) in [7, 11) is 2.11. The number of hydrogen-bond donors (Lipinski definition) is 0. The maximum Gasteiger partial charge on any atom is 0.146 e. The normalized spacial score (nSPS) is 47.3. The van der Waals surface area contributed by atoms with E-state index in [1.54, 1.807) is 6.92 Å². The van der Waals surface area contributed by atoms with E-state index in [4.69, 9.17) is 0 Å². The molecule has 1 spiro atoms. The second-order valence-corrected chi connectivity index (χ2v) is 5.76. The Morgan fingerprint density at radius 2 is 2.07 bits per heavy atom. The van der Waals surface area contributed by atoms with E-state index in [0.29, 0.717) is 11.2 Å². The zero-order chi connectivity index (χ0) is 9.92. The Bertz CT molecular complexity index is 284. The lowest BCUT2D eigenvalue weighted by Gasteiger charge is -2.14. The van der Waals surface area contributed by atoms with Gasteiger partial charge in [-0.3, -0.25) is 9.69 Å². The highest BCUT2D eigenvalue weighted by molar-refractivity contribution is 5.82. The minimum atomic E-state index is 0.235. The molecule has 3 aliphatic rings. The first-order valence-electron chi connectivity index (χ1n) is 5.83. The third-order valence-electron chi connectivity index (χ3n) is 4.61. The molecule has 2 nitrogen and oxygen atoms in total. The van der Waals surface area contributed by atoms with Gasteiger partial charge < -0.3 is 0 Å². The molecule has 0 amide bonds. The van der Waals surface area contributed by atoms with Crippen LogP contribution >= 0.6 is 0 Å². The maximum absolute atomic E-state index is 11.4. The van der Waals surface area contributed by atoms with Crippen LogP contribution in [0.2, 0.25) is 0 Å². The SMILES string of the molecule is CC(=O)[C@@H]1C[C@]2(C[C@H]2C2CC2)CN1C. The van der Waals surface area contributed by atoms with Crippen LogP contribution in [0, 0.1) is 17.3 Å². The third kappa shape index (κ3) is 1.16. The molecule has 78 valence electrons. The number of nitrogens with zero attached hydrogens (tertiary/aromatic N) is 1. The molecule has 1 saturated heterocycles. The Balaban J connectivity index is 1.71. The summed E-state index contributed by atoms with van der Waals surface area (Å²) in [6.45, 7) is 2.92. The molecule has 0 aromatic carbocycles. The average molecular weight is 193 g/mol. The van der Waals surface area contributed by atoms with Crippen molar-refractivity contribution < 1.29 is 4.79 Å². The van der Waals surface area contributed by atoms with Crippen LogP contribution in [0.3, 0.4) is 0 Å². The monoisotopic (exact) mass is 193 g/mol. The highest BCUT2D eigenvalue weighted by Crippen LogP contribution is 2.67. The van der Waals surface area contributed by atoms with Crippen molar-refractivity contribution in [3.05, 3.63) is 0 Å². The molecule has 0 radical (unpaired) electrons. The zero-order valence-electron chi connectivity index (χ0n) is 9.12. The summed E-state index contributed by atoms with van der Waals surface area (Å²) in [5.74, 6) is 2.38. The van der Waals surface area contributed by atoms with Crippen molar-refractivity contribution in [2.24, 2.45) is 17.3 Å². The summed E-state index contributed by atoms with van der Waals surface area (Å²) in [5, 5.41) is 0. The average Bonchev–Trinajstić information content (AvgIpc) is 2.92. The molecule has 2 saturated carbocycles. The zero-order valence-corrected chi connectivity index (χ0v) is 9.12. The van der Waals surface area contributed by atoms with Crippen molar-refractivity contribution >= 4 is 5.78 Å². The van der Waals surface area contributed by atoms with Crippen molar-refractivity contribution in [2.75, 3.05) is 13.6 Å². The number of Topliss-reactive ketones (excluding diaryl/α,β-unsaturated/α-hetero) is 1. The van der Waals surface area contributed by atoms with Gasteiger partial charge in [-0.15, -0.1) is 0 Å². The molecule has 0 unspecified atom stereocenters. The fourth-order valence-corrected chi connectivity index (χ4v) is 3.63. The van der Waals surface area contributed by atoms with Crippen molar-refractivity contribution in [1.29, 1.82) is 0 Å². The first-order valence-corrected chi connectivity index (χ1v) is 5.83. The van der Waals surface area contributed by atoms with Crippen LogP contribution in [-0.4, -0.2) is 30.3 Å². The summed E-state index contributed by atoms with van der Waals surface area (Å²) in [5.41, 5.74) is 0.576. The van der Waals surface area contributed by atoms with Gasteiger partial charge >= 0.3 is 0 Å². The molecule has 2 heteroatoms. The maximum atomic E-state index is 11.4. The number of likely N-dealkylation sites (tertiary alicyclic amines) is 1. The number of likely N-dealkylation sites (N-methyl/N-ethyl adjacent to an activating group) is 1. The number of carbonyl (C=O) groups is 1. The molecular weight excluding hydrogens is 174 g/mol. The van der Waals surface area contributed by atoms with E-state index in [0.717, 1.165) is 18.3 Å². The lowest BCUT2D eigenvalue weighted by molar-refractivity contribution is -0.120. The molecule has 3 rings (SSSR count). The molecule has 1 aliphatic heterocycles. The van der Waals surface area contributed by atoms with Gasteiger partial charge in [-0.05, 0) is 56.9 Å². The minimum Gasteiger partial charge on any atom is -0.298 e. The van der Waals surface area contributed by atoms with E-state index < -0.39 is 0 Å². The first-order chi connectivity index (χ1) is 6.62. The van der Waals surface area contributed by atoms with Crippen LogP contribution in [0.5, 0.6) is 0 Å². The van der Waals surface area contributed by atoms with E-state index in [2.05, 4.69) is 11.9 Å². The Morgan fingerprint density at radius 3 is 2.57 bits per heavy atom. The van der Waals surface area contributed by atoms with Crippen LogP contribution < -0.4 is 0 Å². The van der Waals surface area contributed by atoms with Gasteiger partial charge in [0.25, 0.3) is 0 Å². The number of ketones is 1. The Kier molecular flexibility index (Phi) is 1.65. The predicted octanol–water partition coefficient (Wildman–Crippen LogP) is 1.70. The van der Waals surface area contributed by atoms with E-state index in [1.165, 1.54) is 25.8 Å². The smallest absolute Gasteiger partial charge is 0.146 e. The van der Waals surface area contributed by atoms with Crippen LogP contribution in [-0.2, 0) is 4.79 Å². The fraction of sp³-hybridized carbons (Fsp3) is 0.917. The second kappa shape index (κ2) is 2.60. The second-order valence-electron chi connectivity index (χ2n) is 5.76. The summed E-state index contributed by atoms with van der Waals surface area (Å²) < 4.78 is 0. The van der Waals surface area contributed by atoms with Gasteiger partial charge in [-0.2, -0.15) is 0 Å². The van der Waals surface area contributed by atoms with Crippen LogP contribution in [0.1, 0.15) is 32.6 Å². The Morgan fingerprint density at radius 1 is 1.36 bits per heavy atom. The molecule has 3 atom stereocenters. The van der Waals surface area contributed by atoms with Gasteiger partial charge in [0.1, 0.15) is 5.78 Å². The largest absolute Gasteiger partial charge is 0.298 e. The molecule has 0 aromatic heterocycles. The van der Waals surface area contributed by atoms with E-state index in [-0.39, 0.29) is 6.04 Å². The highest BCUT2D eigenvalue weighted by Gasteiger charge is 2.63. The van der Waals surface area contributed by atoms with E-state index in [1.807, 2.05) is 0 Å². The molecule has 0 aromatic rings. The Hall–Kier alpha value is -0.370. The van der Waals surface area contributed by atoms with Crippen molar-refractivity contribution in [1.82, 2.24) is 4.90 Å². The standard InChI is InChI=1S/C12H19NO/c1-8(14)11-6-12(7-13(11)2)5-10(12)9-3-4-9/h9-11H,3-7H2,1-2H3/t10-,11-,12+/m0/s1. The number of carbonyl (C=O) groups excluding carboxylic acids is 1. The summed E-state index contributed by atoms with van der Waals surface area (Å²) in [4.78, 5) is 13.7. The van der Waals surface area contributed by atoms with Crippen molar-refractivity contribution in [3.63, 3.8) is 0 Å². The molecular formula is C12H19NO. The lowest BCUT2D eigenvalue weighted by atomic mass is 9.96. The van der Waals surface area contributed by atoms with Crippen molar-refractivity contribution in [3.8, 4) is 0 Å². The molecule has 3 fully saturated rings. The van der Waals surface area contributed by atoms with E-state index >= 15 is 0 Å². The Labute approximate surface area is 85.7 Å². The van der Waals surface area contributed by atoms with Gasteiger partial charge in [0.15, 0.2) is 0 Å². The lowest BCUT2D eigenvalue weighted by Crippen LogP contribution is -2.30. The predicted molar refractivity (Wildman–Crippen MR) is 55.0 cm³/mol. The quantitative estimate of drug-likeness (QED) is 0.665. The van der Waals surface area contributed by atoms with Crippen LogP contribution in [0.4, 0.5) is 0 Å². The molecule has 0 N–H and O–H groups in total. The van der Waals surface area contributed by atoms with Gasteiger partial charge in [0.05, 0.1) is 6.04 Å². The number of rotatable bonds is 2. The van der Waals surface area contributed by atoms with Gasteiger partial charge in [-0.25, -0.2) is 0 Å². The van der Waals surface area contributed by atoms with Crippen LogP contribution in [0.25, 0.3) is 0 Å². The van der Waals surface area contributed by atoms with Gasteiger partial charge in [0.2, 0.25) is 0 Å². The van der Waals surface area contributed by atoms with Gasteiger partial charge in [-0.1, -0.05) is 0 Å². The van der Waals surface area contributed by atoms with Gasteiger partial charge in [0, 0.05) is 6.54 Å². The highest BCUT2D eigenvalue weighted by atomic mass is 16.1. The summed E-state index contributed by atoms with van der Waals surface area (Å²) in [6.07, 6.45) is 5.48. The first kappa shape index (κ1) is 8.90. The van der Waals surface area contributed by atoms with E-state index in [9.17, 15) is 4.79 Å². The van der Waals surface area contributed by atoms with Crippen LogP contribution in [0.15, 0.2) is 0 Å². The minimum absolute atomic E-state index is 0.235. The molecule has 14 heavy (non-hydrogen) atoms. The third-order valence-corrected chi connectivity index (χ3v) is 4.61. The summed E-state index contributed by atoms with van der Waals surface area (Å²) in [6, 6.07) is 0.235. The fourth-order valence-electron chi connectivity index (χ4n) is 3.63. The molecule has 0 bridgehead atoms. The number of hydrogen-bond acceptors (Lipinski definition) is 2.